The summed E-state index contributed by atoms with van der Waals surface area (Å²) in [6, 6.07) is 3.94. The number of amides is 1. The summed E-state index contributed by atoms with van der Waals surface area (Å²) in [5, 5.41) is 15.9. The number of thiophene rings is 1. The second kappa shape index (κ2) is 9.26. The monoisotopic (exact) mass is 614 g/mol. The van der Waals surface area contributed by atoms with E-state index >= 15 is 0 Å². The molecule has 0 saturated heterocycles. The number of sulfonamides is 2. The summed E-state index contributed by atoms with van der Waals surface area (Å²) in [4.78, 5) is 15.4. The van der Waals surface area contributed by atoms with Gasteiger partial charge in [0.2, 0.25) is 10.0 Å². The molecule has 0 spiro atoms. The fraction of sp³-hybridized carbons (Fsp3) is 0.417. The molecule has 0 radical (unpaired) electrons. The van der Waals surface area contributed by atoms with Gasteiger partial charge in [-0.3, -0.25) is 4.79 Å². The van der Waals surface area contributed by atoms with Crippen molar-refractivity contribution in [2.24, 2.45) is 22.2 Å². The topological polar surface area (TPSA) is 145 Å². The minimum atomic E-state index is -4.34. The standard InChI is InChI=1S/C24H24ClFN4O6S3/c1-38(33,34)27-8-14-10-37-23-21(14)39(35,36)29-22(28-23)18-20(31)17-12-3-4-13(7-12)19(17)30(24(18)32)9-11-2-5-16(26)15(25)6-11/h2,5-6,10,12-13,17,19,27,31H,3-4,7-9H2,1H3,(H,28,29). The number of anilines is 1. The Labute approximate surface area is 233 Å². The van der Waals surface area contributed by atoms with Gasteiger partial charge in [-0.25, -0.2) is 17.5 Å². The van der Waals surface area contributed by atoms with Crippen molar-refractivity contribution in [3.8, 4) is 0 Å². The third kappa shape index (κ3) is 4.55. The Morgan fingerprint density at radius 1 is 1.31 bits per heavy atom. The molecule has 2 saturated carbocycles. The van der Waals surface area contributed by atoms with Gasteiger partial charge in [0.25, 0.3) is 15.9 Å². The van der Waals surface area contributed by atoms with Crippen LogP contribution in [0.4, 0.5) is 9.39 Å². The molecule has 4 aliphatic rings. The van der Waals surface area contributed by atoms with Crippen molar-refractivity contribution in [2.45, 2.75) is 43.3 Å². The number of halogens is 2. The van der Waals surface area contributed by atoms with E-state index in [0.717, 1.165) is 36.9 Å². The molecule has 6 rings (SSSR count). The number of aliphatic hydroxyl groups excluding tert-OH is 1. The minimum Gasteiger partial charge on any atom is -0.511 e. The fourth-order valence-electron chi connectivity index (χ4n) is 6.37. The van der Waals surface area contributed by atoms with Crippen LogP contribution in [0.2, 0.25) is 5.02 Å². The van der Waals surface area contributed by atoms with Crippen molar-refractivity contribution in [3.63, 3.8) is 0 Å². The molecule has 1 aromatic carbocycles. The first kappa shape index (κ1) is 26.7. The van der Waals surface area contributed by atoms with Crippen LogP contribution < -0.4 is 10.0 Å². The largest absolute Gasteiger partial charge is 0.511 e. The van der Waals surface area contributed by atoms with E-state index in [0.29, 0.717) is 5.56 Å². The maximum Gasteiger partial charge on any atom is 0.287 e. The Morgan fingerprint density at radius 2 is 2.05 bits per heavy atom. The summed E-state index contributed by atoms with van der Waals surface area (Å²) in [7, 11) is -7.91. The lowest BCUT2D eigenvalue weighted by molar-refractivity contribution is -0.134. The third-order valence-corrected chi connectivity index (χ3v) is 11.3. The lowest BCUT2D eigenvalue weighted by Gasteiger charge is -2.44. The number of aliphatic hydroxyl groups is 1. The quantitative estimate of drug-likeness (QED) is 0.452. The Hall–Kier alpha value is -2.52. The summed E-state index contributed by atoms with van der Waals surface area (Å²) in [5.74, 6) is -1.67. The van der Waals surface area contributed by atoms with Gasteiger partial charge in [0.1, 0.15) is 27.0 Å². The van der Waals surface area contributed by atoms with E-state index in [9.17, 15) is 31.1 Å². The first-order valence-corrected chi connectivity index (χ1v) is 16.8. The summed E-state index contributed by atoms with van der Waals surface area (Å²) < 4.78 is 69.5. The van der Waals surface area contributed by atoms with Crippen molar-refractivity contribution in [1.29, 1.82) is 0 Å². The molecule has 3 heterocycles. The number of nitrogens with one attached hydrogen (secondary N) is 2. The van der Waals surface area contributed by atoms with Crippen LogP contribution in [0.25, 0.3) is 0 Å². The van der Waals surface area contributed by atoms with Gasteiger partial charge in [-0.05, 0) is 54.2 Å². The molecule has 39 heavy (non-hydrogen) atoms. The first-order chi connectivity index (χ1) is 18.3. The first-order valence-electron chi connectivity index (χ1n) is 12.2. The van der Waals surface area contributed by atoms with Crippen LogP contribution in [0, 0.1) is 23.6 Å². The molecule has 10 nitrogen and oxygen atoms in total. The molecule has 208 valence electrons. The second-order valence-electron chi connectivity index (χ2n) is 10.3. The van der Waals surface area contributed by atoms with Gasteiger partial charge >= 0.3 is 0 Å². The maximum atomic E-state index is 14.0. The number of carbonyl (C=O) groups is 1. The number of nitrogens with zero attached hydrogens (tertiary/aromatic N) is 2. The van der Waals surface area contributed by atoms with E-state index in [1.807, 2.05) is 0 Å². The average molecular weight is 615 g/mol. The van der Waals surface area contributed by atoms with E-state index in [2.05, 4.69) is 14.4 Å². The zero-order valence-electron chi connectivity index (χ0n) is 20.5. The number of hydrogen-bond acceptors (Lipinski definition) is 8. The van der Waals surface area contributed by atoms with E-state index < -0.39 is 31.8 Å². The summed E-state index contributed by atoms with van der Waals surface area (Å²) in [6.07, 6.45) is 3.61. The normalized spacial score (nSPS) is 27.3. The third-order valence-electron chi connectivity index (χ3n) is 7.90. The van der Waals surface area contributed by atoms with Crippen molar-refractivity contribution >= 4 is 59.7 Å². The number of amidine groups is 1. The van der Waals surface area contributed by atoms with Gasteiger partial charge in [-0.15, -0.1) is 15.7 Å². The van der Waals surface area contributed by atoms with Gasteiger partial charge in [-0.2, -0.15) is 8.42 Å². The number of rotatable bonds is 6. The maximum absolute atomic E-state index is 14.0. The van der Waals surface area contributed by atoms with E-state index in [1.54, 1.807) is 11.0 Å². The molecule has 15 heteroatoms. The molecular weight excluding hydrogens is 591 g/mol. The van der Waals surface area contributed by atoms with Crippen molar-refractivity contribution in [3.05, 3.63) is 56.9 Å². The minimum absolute atomic E-state index is 0.0733. The molecule has 4 unspecified atom stereocenters. The lowest BCUT2D eigenvalue weighted by Crippen LogP contribution is -2.53. The molecular formula is C24H24ClFN4O6S3. The highest BCUT2D eigenvalue weighted by Gasteiger charge is 2.57. The Kier molecular flexibility index (Phi) is 6.34. The van der Waals surface area contributed by atoms with Crippen LogP contribution >= 0.6 is 22.9 Å². The van der Waals surface area contributed by atoms with Crippen LogP contribution in [-0.4, -0.2) is 50.9 Å². The van der Waals surface area contributed by atoms with Crippen LogP contribution in [0.5, 0.6) is 0 Å². The van der Waals surface area contributed by atoms with Crippen molar-refractivity contribution in [2.75, 3.05) is 11.6 Å². The van der Waals surface area contributed by atoms with Gasteiger partial charge in [0, 0.05) is 30.6 Å². The molecule has 2 aliphatic heterocycles. The van der Waals surface area contributed by atoms with Crippen LogP contribution in [-0.2, 0) is 37.9 Å². The number of benzene rings is 1. The van der Waals surface area contributed by atoms with Crippen LogP contribution in [0.15, 0.2) is 44.2 Å². The molecule has 1 amide bonds. The van der Waals surface area contributed by atoms with E-state index in [1.165, 1.54) is 17.5 Å². The summed E-state index contributed by atoms with van der Waals surface area (Å²) >= 11 is 7.01. The molecule has 2 bridgehead atoms. The van der Waals surface area contributed by atoms with Gasteiger partial charge < -0.3 is 15.3 Å². The SMILES string of the molecule is CS(=O)(=O)NCc1csc2c1S(=O)(=O)N=C(C1=C(O)C3C4CCC(C4)C3N(Cc3ccc(F)c(Cl)c3)C1=O)N2. The lowest BCUT2D eigenvalue weighted by atomic mass is 9.77. The predicted molar refractivity (Wildman–Crippen MR) is 144 cm³/mol. The van der Waals surface area contributed by atoms with Crippen LogP contribution in [0.1, 0.15) is 30.4 Å². The van der Waals surface area contributed by atoms with Gasteiger partial charge in [-0.1, -0.05) is 17.7 Å². The number of hydrogen-bond donors (Lipinski definition) is 3. The number of carbonyl (C=O) groups excluding carboxylic acids is 1. The second-order valence-corrected chi connectivity index (χ2v) is 15.0. The zero-order valence-corrected chi connectivity index (χ0v) is 23.7. The molecule has 3 N–H and O–H groups in total. The molecule has 2 aromatic rings. The zero-order chi connectivity index (χ0) is 27.9. The van der Waals surface area contributed by atoms with Crippen molar-refractivity contribution in [1.82, 2.24) is 9.62 Å². The Balaban J connectivity index is 1.39. The predicted octanol–water partition coefficient (Wildman–Crippen LogP) is 3.37. The summed E-state index contributed by atoms with van der Waals surface area (Å²) in [6.45, 7) is -0.143. The highest BCUT2D eigenvalue weighted by Crippen LogP contribution is 2.55. The smallest absolute Gasteiger partial charge is 0.287 e. The van der Waals surface area contributed by atoms with Crippen molar-refractivity contribution < 1.29 is 31.1 Å². The summed E-state index contributed by atoms with van der Waals surface area (Å²) in [5.41, 5.74) is 0.606. The molecule has 2 aliphatic carbocycles. The molecule has 1 aromatic heterocycles. The van der Waals surface area contributed by atoms with Crippen LogP contribution in [0.3, 0.4) is 0 Å². The molecule has 4 atom stereocenters. The van der Waals surface area contributed by atoms with E-state index in [4.69, 9.17) is 11.6 Å². The average Bonchev–Trinajstić information content (AvgIpc) is 3.57. The molecule has 2 fully saturated rings. The number of fused-ring (bicyclic) bond motifs is 6. The van der Waals surface area contributed by atoms with Gasteiger partial charge in [0.05, 0.1) is 11.3 Å². The highest BCUT2D eigenvalue weighted by molar-refractivity contribution is 7.91. The highest BCUT2D eigenvalue weighted by atomic mass is 35.5. The Bertz CT molecular complexity index is 1690. The fourth-order valence-corrected chi connectivity index (χ4v) is 9.60. The Morgan fingerprint density at radius 3 is 2.77 bits per heavy atom. The van der Waals surface area contributed by atoms with E-state index in [-0.39, 0.29) is 74.5 Å². The van der Waals surface area contributed by atoms with Gasteiger partial charge in [0.15, 0.2) is 5.84 Å².